The van der Waals surface area contributed by atoms with E-state index in [1.165, 1.54) is 5.56 Å². The zero-order valence-electron chi connectivity index (χ0n) is 16.1. The molecule has 0 aliphatic rings. The molecule has 3 rings (SSSR count). The minimum atomic E-state index is 0.500. The average Bonchev–Trinajstić information content (AvgIpc) is 2.74. The summed E-state index contributed by atoms with van der Waals surface area (Å²) < 4.78 is 11.7. The Morgan fingerprint density at radius 2 is 1.50 bits per heavy atom. The standard InChI is InChI=1S/C24H25NO2S/c1-2-26-23-17-21(24(28)25-16-15-19-9-5-3-6-10-19)13-14-22(23)27-18-20-11-7-4-8-12-20/h3-14,17H,2,15-16,18H2,1H3,(H,25,28). The zero-order valence-corrected chi connectivity index (χ0v) is 16.9. The number of thiocarbonyl (C=S) groups is 1. The number of nitrogens with one attached hydrogen (secondary N) is 1. The lowest BCUT2D eigenvalue weighted by Crippen LogP contribution is -2.24. The predicted molar refractivity (Wildman–Crippen MR) is 118 cm³/mol. The van der Waals surface area contributed by atoms with E-state index >= 15 is 0 Å². The van der Waals surface area contributed by atoms with E-state index in [-0.39, 0.29) is 0 Å². The van der Waals surface area contributed by atoms with Gasteiger partial charge in [0.25, 0.3) is 0 Å². The second kappa shape index (κ2) is 10.5. The van der Waals surface area contributed by atoms with Gasteiger partial charge in [-0.3, -0.25) is 0 Å². The lowest BCUT2D eigenvalue weighted by atomic mass is 10.1. The third-order valence-electron chi connectivity index (χ3n) is 4.28. The summed E-state index contributed by atoms with van der Waals surface area (Å²) in [5.74, 6) is 1.43. The summed E-state index contributed by atoms with van der Waals surface area (Å²) in [6.45, 7) is 3.82. The maximum absolute atomic E-state index is 5.96. The van der Waals surface area contributed by atoms with E-state index in [0.29, 0.717) is 24.0 Å². The molecule has 0 bridgehead atoms. The molecule has 0 aliphatic carbocycles. The Labute approximate surface area is 172 Å². The third kappa shape index (κ3) is 5.83. The molecule has 3 nitrogen and oxygen atoms in total. The highest BCUT2D eigenvalue weighted by molar-refractivity contribution is 7.80. The van der Waals surface area contributed by atoms with E-state index in [1.54, 1.807) is 0 Å². The Kier molecular flexibility index (Phi) is 7.44. The van der Waals surface area contributed by atoms with Crippen LogP contribution in [0.1, 0.15) is 23.6 Å². The van der Waals surface area contributed by atoms with Crippen molar-refractivity contribution in [2.45, 2.75) is 20.0 Å². The fourth-order valence-corrected chi connectivity index (χ4v) is 3.07. The van der Waals surface area contributed by atoms with E-state index in [0.717, 1.165) is 29.8 Å². The molecule has 144 valence electrons. The summed E-state index contributed by atoms with van der Waals surface area (Å²) in [5.41, 5.74) is 3.34. The fourth-order valence-electron chi connectivity index (χ4n) is 2.84. The van der Waals surface area contributed by atoms with Gasteiger partial charge in [-0.25, -0.2) is 0 Å². The van der Waals surface area contributed by atoms with Crippen molar-refractivity contribution in [2.75, 3.05) is 13.2 Å². The number of hydrogen-bond donors (Lipinski definition) is 1. The second-order valence-electron chi connectivity index (χ2n) is 6.36. The van der Waals surface area contributed by atoms with Crippen molar-refractivity contribution >= 4 is 17.2 Å². The van der Waals surface area contributed by atoms with Gasteiger partial charge in [0.05, 0.1) is 6.61 Å². The van der Waals surface area contributed by atoms with E-state index < -0.39 is 0 Å². The molecule has 0 radical (unpaired) electrons. The molecule has 4 heteroatoms. The van der Waals surface area contributed by atoms with Gasteiger partial charge in [-0.15, -0.1) is 0 Å². The van der Waals surface area contributed by atoms with Gasteiger partial charge in [0.2, 0.25) is 0 Å². The summed E-state index contributed by atoms with van der Waals surface area (Å²) in [4.78, 5) is 0.714. The Morgan fingerprint density at radius 3 is 2.18 bits per heavy atom. The highest BCUT2D eigenvalue weighted by Crippen LogP contribution is 2.29. The first-order valence-electron chi connectivity index (χ1n) is 9.52. The van der Waals surface area contributed by atoms with Crippen molar-refractivity contribution in [1.29, 1.82) is 0 Å². The van der Waals surface area contributed by atoms with Crippen molar-refractivity contribution in [3.8, 4) is 11.5 Å². The molecule has 0 unspecified atom stereocenters. The molecule has 0 spiro atoms. The molecule has 0 fully saturated rings. The highest BCUT2D eigenvalue weighted by atomic mass is 32.1. The van der Waals surface area contributed by atoms with Gasteiger partial charge in [0.15, 0.2) is 11.5 Å². The van der Waals surface area contributed by atoms with Crippen molar-refractivity contribution in [2.24, 2.45) is 0 Å². The van der Waals surface area contributed by atoms with Crippen LogP contribution in [0, 0.1) is 0 Å². The maximum Gasteiger partial charge on any atom is 0.161 e. The maximum atomic E-state index is 5.96. The molecule has 0 aromatic heterocycles. The van der Waals surface area contributed by atoms with Gasteiger partial charge < -0.3 is 14.8 Å². The molecule has 0 atom stereocenters. The minimum Gasteiger partial charge on any atom is -0.490 e. The second-order valence-corrected chi connectivity index (χ2v) is 6.77. The van der Waals surface area contributed by atoms with Crippen LogP contribution in [0.25, 0.3) is 0 Å². The lowest BCUT2D eigenvalue weighted by Gasteiger charge is -2.14. The molecular weight excluding hydrogens is 366 g/mol. The van der Waals surface area contributed by atoms with Gasteiger partial charge in [-0.2, -0.15) is 0 Å². The average molecular weight is 392 g/mol. The minimum absolute atomic E-state index is 0.500. The molecule has 0 saturated heterocycles. The van der Waals surface area contributed by atoms with Crippen LogP contribution >= 0.6 is 12.2 Å². The molecule has 0 heterocycles. The number of rotatable bonds is 9. The van der Waals surface area contributed by atoms with Crippen LogP contribution in [0.15, 0.2) is 78.9 Å². The topological polar surface area (TPSA) is 30.5 Å². The van der Waals surface area contributed by atoms with Gasteiger partial charge in [0, 0.05) is 12.1 Å². The van der Waals surface area contributed by atoms with Crippen LogP contribution in [0.3, 0.4) is 0 Å². The monoisotopic (exact) mass is 391 g/mol. The first-order chi connectivity index (χ1) is 13.8. The summed E-state index contributed by atoms with van der Waals surface area (Å²) in [7, 11) is 0. The molecule has 28 heavy (non-hydrogen) atoms. The number of hydrogen-bond acceptors (Lipinski definition) is 3. The predicted octanol–water partition coefficient (Wildman–Crippen LogP) is 5.17. The van der Waals surface area contributed by atoms with Gasteiger partial charge in [-0.1, -0.05) is 72.9 Å². The van der Waals surface area contributed by atoms with Crippen molar-refractivity contribution in [3.05, 3.63) is 95.6 Å². The molecule has 0 amide bonds. The molecule has 3 aromatic carbocycles. The van der Waals surface area contributed by atoms with Crippen molar-refractivity contribution < 1.29 is 9.47 Å². The largest absolute Gasteiger partial charge is 0.490 e. The Bertz CT molecular complexity index is 882. The number of benzene rings is 3. The van der Waals surface area contributed by atoms with E-state index in [9.17, 15) is 0 Å². The van der Waals surface area contributed by atoms with Crippen LogP contribution in [0.5, 0.6) is 11.5 Å². The summed E-state index contributed by atoms with van der Waals surface area (Å²) in [5, 5.41) is 3.33. The van der Waals surface area contributed by atoms with Crippen LogP contribution in [0.4, 0.5) is 0 Å². The van der Waals surface area contributed by atoms with E-state index in [4.69, 9.17) is 21.7 Å². The fraction of sp³-hybridized carbons (Fsp3) is 0.208. The van der Waals surface area contributed by atoms with Crippen LogP contribution in [0.2, 0.25) is 0 Å². The van der Waals surface area contributed by atoms with Gasteiger partial charge in [-0.05, 0) is 42.7 Å². The Morgan fingerprint density at radius 1 is 0.821 bits per heavy atom. The number of ether oxygens (including phenoxy) is 2. The normalized spacial score (nSPS) is 10.3. The van der Waals surface area contributed by atoms with E-state index in [2.05, 4.69) is 29.6 Å². The quantitative estimate of drug-likeness (QED) is 0.510. The molecule has 0 saturated carbocycles. The Hall–Kier alpha value is -2.85. The Balaban J connectivity index is 1.61. The van der Waals surface area contributed by atoms with Crippen LogP contribution in [-0.4, -0.2) is 18.1 Å². The summed E-state index contributed by atoms with van der Waals surface area (Å²) >= 11 is 5.56. The summed E-state index contributed by atoms with van der Waals surface area (Å²) in [6, 6.07) is 26.3. The van der Waals surface area contributed by atoms with E-state index in [1.807, 2.05) is 61.5 Å². The van der Waals surface area contributed by atoms with Gasteiger partial charge >= 0.3 is 0 Å². The van der Waals surface area contributed by atoms with Gasteiger partial charge in [0.1, 0.15) is 11.6 Å². The third-order valence-corrected chi connectivity index (χ3v) is 4.67. The van der Waals surface area contributed by atoms with Crippen LogP contribution in [-0.2, 0) is 13.0 Å². The first kappa shape index (κ1) is 19.9. The molecule has 1 N–H and O–H groups in total. The smallest absolute Gasteiger partial charge is 0.161 e. The SMILES string of the molecule is CCOc1cc(C(=S)NCCc2ccccc2)ccc1OCc1ccccc1. The molecule has 0 aliphatic heterocycles. The van der Waals surface area contributed by atoms with Crippen molar-refractivity contribution in [3.63, 3.8) is 0 Å². The van der Waals surface area contributed by atoms with Crippen molar-refractivity contribution in [1.82, 2.24) is 5.32 Å². The summed E-state index contributed by atoms with van der Waals surface area (Å²) in [6.07, 6.45) is 0.928. The zero-order chi connectivity index (χ0) is 19.6. The highest BCUT2D eigenvalue weighted by Gasteiger charge is 2.10. The first-order valence-corrected chi connectivity index (χ1v) is 9.93. The molecule has 3 aromatic rings. The molecular formula is C24H25NO2S. The van der Waals surface area contributed by atoms with Crippen LogP contribution < -0.4 is 14.8 Å². The lowest BCUT2D eigenvalue weighted by molar-refractivity contribution is 0.269.